The smallest absolute Gasteiger partial charge is 0.242 e. The molecule has 15 nitrogen and oxygen atoms in total. The summed E-state index contributed by atoms with van der Waals surface area (Å²) in [6, 6.07) is 59.9. The lowest BCUT2D eigenvalue weighted by molar-refractivity contribution is -0.150. The zero-order valence-corrected chi connectivity index (χ0v) is 46.8. The van der Waals surface area contributed by atoms with Gasteiger partial charge in [-0.15, -0.1) is 0 Å². The molecule has 1 aliphatic rings. The van der Waals surface area contributed by atoms with Gasteiger partial charge in [0.2, 0.25) is 35.4 Å². The molecule has 6 aromatic rings. The predicted molar refractivity (Wildman–Crippen MR) is 319 cm³/mol. The maximum absolute atomic E-state index is 15.1. The highest BCUT2D eigenvalue weighted by atomic mass is 16.2. The number of carbonyl (C=O) groups excluding carboxylic acids is 6. The summed E-state index contributed by atoms with van der Waals surface area (Å²) in [5.74, 6) is -3.33. The highest BCUT2D eigenvalue weighted by Crippen LogP contribution is 2.31. The first-order valence-corrected chi connectivity index (χ1v) is 28.6. The summed E-state index contributed by atoms with van der Waals surface area (Å²) in [5.41, 5.74) is 24.4. The Morgan fingerprint density at radius 2 is 0.420 bits per heavy atom. The van der Waals surface area contributed by atoms with Crippen LogP contribution in [0.2, 0.25) is 0 Å². The Hall–Kier alpha value is -7.98. The van der Waals surface area contributed by atoms with Crippen molar-refractivity contribution in [2.75, 3.05) is 98.2 Å². The highest BCUT2D eigenvalue weighted by Gasteiger charge is 2.33. The van der Waals surface area contributed by atoms with Gasteiger partial charge in [-0.25, -0.2) is 0 Å². The van der Waals surface area contributed by atoms with Gasteiger partial charge in [-0.1, -0.05) is 182 Å². The molecule has 0 unspecified atom stereocenters. The molecule has 0 aromatic heterocycles. The lowest BCUT2D eigenvalue weighted by Crippen LogP contribution is -2.54. The van der Waals surface area contributed by atoms with Crippen molar-refractivity contribution < 1.29 is 28.8 Å². The van der Waals surface area contributed by atoms with Crippen molar-refractivity contribution in [3.05, 3.63) is 215 Å². The van der Waals surface area contributed by atoms with Crippen LogP contribution >= 0.6 is 0 Å². The fraction of sp³-hybridized carbons (Fsp3) is 0.364. The number of carbonyl (C=O) groups is 6. The summed E-state index contributed by atoms with van der Waals surface area (Å²) in [5, 5.41) is 0. The minimum Gasteiger partial charge on any atom is -0.332 e. The first-order chi connectivity index (χ1) is 39.6. The van der Waals surface area contributed by atoms with Gasteiger partial charge in [-0.3, -0.25) is 28.8 Å². The average molecular weight is 1100 g/mol. The second kappa shape index (κ2) is 32.3. The first-order valence-electron chi connectivity index (χ1n) is 28.6. The largest absolute Gasteiger partial charge is 0.332 e. The van der Waals surface area contributed by atoms with Crippen LogP contribution in [0, 0.1) is 0 Å². The molecule has 0 aliphatic carbocycles. The molecule has 81 heavy (non-hydrogen) atoms. The predicted octanol–water partition coefficient (Wildman–Crippen LogP) is 6.68. The van der Waals surface area contributed by atoms with Crippen LogP contribution < -0.4 is 17.2 Å². The molecule has 0 saturated carbocycles. The highest BCUT2D eigenvalue weighted by molar-refractivity contribution is 5.94. The molecule has 7 rings (SSSR count). The number of nitrogens with zero attached hydrogens (tertiary/aromatic N) is 6. The lowest BCUT2D eigenvalue weighted by atomic mass is 9.88. The molecule has 1 fully saturated rings. The van der Waals surface area contributed by atoms with E-state index in [1.807, 2.05) is 182 Å². The minimum absolute atomic E-state index is 0.113. The van der Waals surface area contributed by atoms with Gasteiger partial charge in [-0.05, 0) is 91.5 Å². The number of amides is 6. The van der Waals surface area contributed by atoms with Crippen molar-refractivity contribution in [2.45, 2.75) is 56.3 Å². The molecule has 426 valence electrons. The van der Waals surface area contributed by atoms with Crippen LogP contribution in [0.3, 0.4) is 0 Å². The second-order valence-corrected chi connectivity index (χ2v) is 20.8. The molecule has 0 bridgehead atoms. The second-order valence-electron chi connectivity index (χ2n) is 20.8. The molecule has 15 heteroatoms. The Balaban J connectivity index is 1.29. The number of nitrogens with two attached hydrogens (primary N) is 3. The van der Waals surface area contributed by atoms with E-state index in [9.17, 15) is 14.4 Å². The zero-order valence-electron chi connectivity index (χ0n) is 46.8. The van der Waals surface area contributed by atoms with Crippen molar-refractivity contribution in [1.82, 2.24) is 29.4 Å². The van der Waals surface area contributed by atoms with E-state index < -0.39 is 74.7 Å². The SMILES string of the molecule is NCCCN1CC(=O)N(CCC(c2ccccc2)c2ccccc2)CC(=O)N(CCCN)CC(=O)N(CCC(c2ccccc2)c2ccccc2)CC(=O)N(CCCN)CC(=O)N(CCC(c2ccccc2)c2ccccc2)CC1=O. The monoisotopic (exact) mass is 1100 g/mol. The van der Waals surface area contributed by atoms with E-state index in [1.54, 1.807) is 0 Å². The van der Waals surface area contributed by atoms with Crippen LogP contribution in [0.1, 0.15) is 89.7 Å². The van der Waals surface area contributed by atoms with E-state index >= 15 is 14.4 Å². The van der Waals surface area contributed by atoms with Gasteiger partial charge in [-0.2, -0.15) is 0 Å². The molecule has 6 amide bonds. The van der Waals surface area contributed by atoms with E-state index in [2.05, 4.69) is 0 Å². The van der Waals surface area contributed by atoms with Crippen molar-refractivity contribution in [1.29, 1.82) is 0 Å². The summed E-state index contributed by atoms with van der Waals surface area (Å²) >= 11 is 0. The zero-order chi connectivity index (χ0) is 57.2. The Kier molecular flexibility index (Phi) is 24.2. The normalized spacial score (nSPS) is 14.9. The summed E-state index contributed by atoms with van der Waals surface area (Å²) < 4.78 is 0. The van der Waals surface area contributed by atoms with Crippen LogP contribution in [0.25, 0.3) is 0 Å². The molecule has 0 atom stereocenters. The van der Waals surface area contributed by atoms with Crippen molar-refractivity contribution in [3.8, 4) is 0 Å². The van der Waals surface area contributed by atoms with Gasteiger partial charge >= 0.3 is 0 Å². The lowest BCUT2D eigenvalue weighted by Gasteiger charge is -2.34. The molecule has 1 saturated heterocycles. The van der Waals surface area contributed by atoms with Crippen molar-refractivity contribution in [3.63, 3.8) is 0 Å². The molecule has 0 spiro atoms. The molecule has 1 heterocycles. The molecule has 6 N–H and O–H groups in total. The third-order valence-corrected chi connectivity index (χ3v) is 15.2. The van der Waals surface area contributed by atoms with Crippen LogP contribution in [-0.2, 0) is 28.8 Å². The minimum atomic E-state index is -0.479. The molecule has 6 aromatic carbocycles. The van der Waals surface area contributed by atoms with E-state index in [0.29, 0.717) is 38.5 Å². The number of hydrogen-bond donors (Lipinski definition) is 3. The first kappa shape index (κ1) is 60.7. The Morgan fingerprint density at radius 1 is 0.259 bits per heavy atom. The van der Waals surface area contributed by atoms with Gasteiger partial charge in [0, 0.05) is 57.0 Å². The maximum atomic E-state index is 15.1. The van der Waals surface area contributed by atoms with E-state index in [-0.39, 0.29) is 76.7 Å². The average Bonchev–Trinajstić information content (AvgIpc) is 3.52. The molecular weight excluding hydrogens is 1010 g/mol. The summed E-state index contributed by atoms with van der Waals surface area (Å²) in [4.78, 5) is 99.1. The summed E-state index contributed by atoms with van der Waals surface area (Å²) in [6.07, 6.45) is 2.38. The third kappa shape index (κ3) is 18.3. The summed E-state index contributed by atoms with van der Waals surface area (Å²) in [6.45, 7) is -0.972. The molecule has 1 aliphatic heterocycles. The van der Waals surface area contributed by atoms with Crippen molar-refractivity contribution in [2.24, 2.45) is 17.2 Å². The van der Waals surface area contributed by atoms with Gasteiger partial charge in [0.15, 0.2) is 0 Å². The third-order valence-electron chi connectivity index (χ3n) is 15.2. The summed E-state index contributed by atoms with van der Waals surface area (Å²) in [7, 11) is 0. The number of benzene rings is 6. The molecular formula is C66H81N9O6. The van der Waals surface area contributed by atoms with Crippen molar-refractivity contribution >= 4 is 35.4 Å². The van der Waals surface area contributed by atoms with Crippen LogP contribution in [0.5, 0.6) is 0 Å². The van der Waals surface area contributed by atoms with Crippen LogP contribution in [0.4, 0.5) is 0 Å². The molecule has 0 radical (unpaired) electrons. The fourth-order valence-electron chi connectivity index (χ4n) is 10.7. The topological polar surface area (TPSA) is 200 Å². The van der Waals surface area contributed by atoms with Gasteiger partial charge in [0.05, 0.1) is 39.3 Å². The fourth-order valence-corrected chi connectivity index (χ4v) is 10.7. The number of hydrogen-bond acceptors (Lipinski definition) is 9. The van der Waals surface area contributed by atoms with Crippen LogP contribution in [0.15, 0.2) is 182 Å². The van der Waals surface area contributed by atoms with E-state index in [4.69, 9.17) is 17.2 Å². The van der Waals surface area contributed by atoms with Crippen LogP contribution in [-0.4, -0.2) is 163 Å². The Morgan fingerprint density at radius 3 is 0.580 bits per heavy atom. The van der Waals surface area contributed by atoms with E-state index in [0.717, 1.165) is 33.4 Å². The van der Waals surface area contributed by atoms with Gasteiger partial charge < -0.3 is 46.6 Å². The Labute approximate surface area is 478 Å². The van der Waals surface area contributed by atoms with Gasteiger partial charge in [0.1, 0.15) is 0 Å². The number of rotatable bonds is 24. The maximum Gasteiger partial charge on any atom is 0.242 e. The standard InChI is InChI=1S/C66H81N9O6/c67-37-19-40-70-46-64(79)73(43-34-58(52-22-7-1-8-23-52)53-24-9-2-10-25-53)49-61(76)71(41-20-38-68)47-65(80)75(45-36-60(56-30-15-5-16-31-56)57-32-17-6-18-33-57)51-63(78)72(42-21-39-69)48-66(81)74(50-62(70)77)44-35-59(54-26-11-3-12-27-54)55-28-13-4-14-29-55/h1-18,22-33,58-60H,19-21,34-51,67-69H2. The van der Waals surface area contributed by atoms with Gasteiger partial charge in [0.25, 0.3) is 0 Å². The quantitative estimate of drug-likeness (QED) is 0.0592. The van der Waals surface area contributed by atoms with E-state index in [1.165, 1.54) is 29.4 Å². The Bertz CT molecular complexity index is 2440.